The van der Waals surface area contributed by atoms with Gasteiger partial charge in [-0.2, -0.15) is 0 Å². The van der Waals surface area contributed by atoms with Gasteiger partial charge >= 0.3 is 6.09 Å². The summed E-state index contributed by atoms with van der Waals surface area (Å²) >= 11 is 11.7. The van der Waals surface area contributed by atoms with Gasteiger partial charge in [-0.05, 0) is 92.5 Å². The first-order valence-electron chi connectivity index (χ1n) is 12.5. The van der Waals surface area contributed by atoms with Crippen LogP contribution in [0.4, 0.5) is 4.79 Å². The van der Waals surface area contributed by atoms with Crippen molar-refractivity contribution in [3.05, 3.63) is 69.7 Å². The molecule has 0 bridgehead atoms. The van der Waals surface area contributed by atoms with Crippen LogP contribution in [0.1, 0.15) is 24.0 Å². The van der Waals surface area contributed by atoms with Crippen LogP contribution < -0.4 is 11.1 Å². The Morgan fingerprint density at radius 1 is 0.829 bits per heavy atom. The summed E-state index contributed by atoms with van der Waals surface area (Å²) in [6, 6.07) is 16.2. The summed E-state index contributed by atoms with van der Waals surface area (Å²) in [6.07, 6.45) is 3.33. The molecule has 192 valence electrons. The lowest BCUT2D eigenvalue weighted by molar-refractivity contribution is 0.0992. The molecule has 4 rings (SSSR count). The first kappa shape index (κ1) is 27.8. The van der Waals surface area contributed by atoms with E-state index in [0.29, 0.717) is 12.5 Å². The number of benzene rings is 2. The predicted molar refractivity (Wildman–Crippen MR) is 144 cm³/mol. The molecule has 0 radical (unpaired) electrons. The van der Waals surface area contributed by atoms with E-state index in [1.54, 1.807) is 0 Å². The SMILES string of the molecule is NCCCN1CC(Cc2ccc(Cl)cc2)C1.O=C(O)NCCCN1CC(Cc2ccc(Cl)cc2)C1. The average Bonchev–Trinajstić information content (AvgIpc) is 2.79. The van der Waals surface area contributed by atoms with Crippen molar-refractivity contribution in [2.45, 2.75) is 25.7 Å². The van der Waals surface area contributed by atoms with Crippen molar-refractivity contribution in [3.63, 3.8) is 0 Å². The zero-order valence-electron chi connectivity index (χ0n) is 20.3. The number of likely N-dealkylation sites (tertiary alicyclic amines) is 2. The Morgan fingerprint density at radius 3 is 1.66 bits per heavy atom. The van der Waals surface area contributed by atoms with Gasteiger partial charge in [0.05, 0.1) is 0 Å². The Balaban J connectivity index is 0.000000198. The zero-order chi connectivity index (χ0) is 25.0. The number of nitrogens with two attached hydrogens (primary N) is 1. The van der Waals surface area contributed by atoms with E-state index < -0.39 is 6.09 Å². The molecule has 8 heteroatoms. The van der Waals surface area contributed by atoms with Crippen LogP contribution >= 0.6 is 23.2 Å². The van der Waals surface area contributed by atoms with Crippen molar-refractivity contribution >= 4 is 29.3 Å². The van der Waals surface area contributed by atoms with Gasteiger partial charge in [0, 0.05) is 42.8 Å². The van der Waals surface area contributed by atoms with E-state index in [4.69, 9.17) is 34.0 Å². The first-order chi connectivity index (χ1) is 16.9. The number of hydrogen-bond donors (Lipinski definition) is 3. The molecule has 4 N–H and O–H groups in total. The number of rotatable bonds is 11. The molecular weight excluding hydrogens is 483 g/mol. The lowest BCUT2D eigenvalue weighted by atomic mass is 9.92. The van der Waals surface area contributed by atoms with Crippen LogP contribution in [0, 0.1) is 11.8 Å². The molecule has 35 heavy (non-hydrogen) atoms. The van der Waals surface area contributed by atoms with E-state index in [2.05, 4.69) is 39.4 Å². The molecule has 0 spiro atoms. The molecule has 2 fully saturated rings. The molecule has 0 atom stereocenters. The van der Waals surface area contributed by atoms with E-state index in [1.807, 2.05) is 24.3 Å². The lowest BCUT2D eigenvalue weighted by Gasteiger charge is -2.39. The van der Waals surface area contributed by atoms with Crippen LogP contribution in [0.2, 0.25) is 10.0 Å². The second-order valence-electron chi connectivity index (χ2n) is 9.64. The predicted octanol–water partition coefficient (Wildman–Crippen LogP) is 4.64. The highest BCUT2D eigenvalue weighted by molar-refractivity contribution is 6.30. The second-order valence-corrected chi connectivity index (χ2v) is 10.5. The Labute approximate surface area is 219 Å². The van der Waals surface area contributed by atoms with Crippen molar-refractivity contribution in [2.24, 2.45) is 17.6 Å². The standard InChI is InChI=1S/C14H19ClN2O2.C13H19ClN2/c15-13-4-2-11(3-5-13)8-12-9-17(10-12)7-1-6-16-14(18)19;14-13-4-2-11(3-5-13)8-12-9-16(10-12)7-1-6-15/h2-5,12,16H,1,6-10H2,(H,18,19);2-5,12H,1,6-10,15H2. The maximum Gasteiger partial charge on any atom is 0.404 e. The number of halogens is 2. The highest BCUT2D eigenvalue weighted by atomic mass is 35.5. The monoisotopic (exact) mass is 520 g/mol. The normalized spacial score (nSPS) is 16.7. The Morgan fingerprint density at radius 2 is 1.26 bits per heavy atom. The van der Waals surface area contributed by atoms with Gasteiger partial charge < -0.3 is 26.0 Å². The van der Waals surface area contributed by atoms with Gasteiger partial charge in [-0.25, -0.2) is 4.79 Å². The lowest BCUT2D eigenvalue weighted by Crippen LogP contribution is -2.48. The maximum atomic E-state index is 10.3. The smallest absolute Gasteiger partial charge is 0.404 e. The molecule has 6 nitrogen and oxygen atoms in total. The Hall–Kier alpha value is -1.83. The molecule has 2 aromatic carbocycles. The number of nitrogens with zero attached hydrogens (tertiary/aromatic N) is 2. The fourth-order valence-electron chi connectivity index (χ4n) is 4.70. The highest BCUT2D eigenvalue weighted by Crippen LogP contribution is 2.22. The largest absolute Gasteiger partial charge is 0.465 e. The van der Waals surface area contributed by atoms with Gasteiger partial charge in [-0.3, -0.25) is 0 Å². The van der Waals surface area contributed by atoms with Crippen molar-refractivity contribution < 1.29 is 9.90 Å². The Kier molecular flexibility index (Phi) is 11.6. The van der Waals surface area contributed by atoms with Crippen molar-refractivity contribution in [3.8, 4) is 0 Å². The third-order valence-corrected chi connectivity index (χ3v) is 7.05. The topological polar surface area (TPSA) is 81.8 Å². The zero-order valence-corrected chi connectivity index (χ0v) is 21.9. The fourth-order valence-corrected chi connectivity index (χ4v) is 4.95. The van der Waals surface area contributed by atoms with Gasteiger partial charge in [0.25, 0.3) is 0 Å². The summed E-state index contributed by atoms with van der Waals surface area (Å²) in [6.45, 7) is 8.13. The molecule has 0 saturated carbocycles. The summed E-state index contributed by atoms with van der Waals surface area (Å²) in [5, 5.41) is 12.4. The minimum atomic E-state index is -0.941. The van der Waals surface area contributed by atoms with Crippen molar-refractivity contribution in [2.75, 3.05) is 52.4 Å². The summed E-state index contributed by atoms with van der Waals surface area (Å²) < 4.78 is 0. The number of carbonyl (C=O) groups is 1. The molecule has 2 heterocycles. The molecule has 2 aliphatic heterocycles. The number of nitrogens with one attached hydrogen (secondary N) is 1. The molecule has 2 saturated heterocycles. The van der Waals surface area contributed by atoms with Crippen LogP contribution in [0.3, 0.4) is 0 Å². The summed E-state index contributed by atoms with van der Waals surface area (Å²) in [5.41, 5.74) is 8.22. The van der Waals surface area contributed by atoms with Crippen molar-refractivity contribution in [1.82, 2.24) is 15.1 Å². The third kappa shape index (κ3) is 10.4. The maximum absolute atomic E-state index is 10.3. The van der Waals surface area contributed by atoms with Crippen LogP contribution in [0.15, 0.2) is 48.5 Å². The van der Waals surface area contributed by atoms with Gasteiger partial charge in [-0.15, -0.1) is 0 Å². The van der Waals surface area contributed by atoms with E-state index in [1.165, 1.54) is 30.6 Å². The average molecular weight is 522 g/mol. The summed E-state index contributed by atoms with van der Waals surface area (Å²) in [5.74, 6) is 1.53. The van der Waals surface area contributed by atoms with Gasteiger partial charge in [-0.1, -0.05) is 47.5 Å². The van der Waals surface area contributed by atoms with Crippen molar-refractivity contribution in [1.29, 1.82) is 0 Å². The second kappa shape index (κ2) is 14.7. The van der Waals surface area contributed by atoms with E-state index in [9.17, 15) is 4.79 Å². The molecular formula is C27H38Cl2N4O2. The Bertz CT molecular complexity index is 883. The summed E-state index contributed by atoms with van der Waals surface area (Å²) in [4.78, 5) is 15.1. The number of carboxylic acid groups (broad SMARTS) is 1. The van der Waals surface area contributed by atoms with Gasteiger partial charge in [0.15, 0.2) is 0 Å². The minimum absolute atomic E-state index is 0.535. The molecule has 2 aromatic rings. The first-order valence-corrected chi connectivity index (χ1v) is 13.3. The molecule has 0 aliphatic carbocycles. The van der Waals surface area contributed by atoms with E-state index in [-0.39, 0.29) is 0 Å². The third-order valence-electron chi connectivity index (χ3n) is 6.55. The van der Waals surface area contributed by atoms with Gasteiger partial charge in [0.1, 0.15) is 0 Å². The van der Waals surface area contributed by atoms with Gasteiger partial charge in [0.2, 0.25) is 0 Å². The van der Waals surface area contributed by atoms with Crippen LogP contribution in [-0.4, -0.2) is 73.4 Å². The highest BCUT2D eigenvalue weighted by Gasteiger charge is 2.26. The minimum Gasteiger partial charge on any atom is -0.465 e. The van der Waals surface area contributed by atoms with Crippen LogP contribution in [-0.2, 0) is 12.8 Å². The quantitative estimate of drug-likeness (QED) is 0.376. The van der Waals surface area contributed by atoms with Crippen LogP contribution in [0.25, 0.3) is 0 Å². The van der Waals surface area contributed by atoms with Crippen LogP contribution in [0.5, 0.6) is 0 Å². The molecule has 2 aliphatic rings. The molecule has 1 amide bonds. The molecule has 0 unspecified atom stereocenters. The van der Waals surface area contributed by atoms with E-state index >= 15 is 0 Å². The fraction of sp³-hybridized carbons (Fsp3) is 0.519. The molecule has 0 aromatic heterocycles. The van der Waals surface area contributed by atoms with E-state index in [0.717, 1.165) is 67.9 Å². The number of amides is 1. The summed E-state index contributed by atoms with van der Waals surface area (Å²) in [7, 11) is 0. The number of hydrogen-bond acceptors (Lipinski definition) is 4.